The normalized spacial score (nSPS) is 18.2. The minimum Gasteiger partial charge on any atom is -0.348 e. The van der Waals surface area contributed by atoms with Gasteiger partial charge in [-0.1, -0.05) is 32.0 Å². The fraction of sp³-hybridized carbons (Fsp3) is 0.500. The summed E-state index contributed by atoms with van der Waals surface area (Å²) >= 11 is 0. The number of benzene rings is 1. The fourth-order valence-corrected chi connectivity index (χ4v) is 2.74. The van der Waals surface area contributed by atoms with E-state index in [1.54, 1.807) is 13.8 Å². The Bertz CT molecular complexity index is 664. The molecule has 5 heteroatoms. The first-order chi connectivity index (χ1) is 10.6. The van der Waals surface area contributed by atoms with Gasteiger partial charge >= 0.3 is 0 Å². The van der Waals surface area contributed by atoms with Crippen molar-refractivity contribution in [3.8, 4) is 0 Å². The predicted molar refractivity (Wildman–Crippen MR) is 87.6 cm³/mol. The first-order valence-corrected chi connectivity index (χ1v) is 7.83. The second-order valence-electron chi connectivity index (χ2n) is 6.98. The number of likely N-dealkylation sites (tertiary alicyclic amines) is 1. The third kappa shape index (κ3) is 3.60. The van der Waals surface area contributed by atoms with E-state index >= 15 is 0 Å². The van der Waals surface area contributed by atoms with Gasteiger partial charge in [0.1, 0.15) is 6.54 Å². The molecule has 5 nitrogen and oxygen atoms in total. The van der Waals surface area contributed by atoms with Crippen molar-refractivity contribution in [1.82, 2.24) is 10.2 Å². The second-order valence-corrected chi connectivity index (χ2v) is 6.98. The van der Waals surface area contributed by atoms with Crippen LogP contribution in [-0.4, -0.2) is 29.2 Å². The molecular weight excluding hydrogens is 292 g/mol. The van der Waals surface area contributed by atoms with Crippen molar-refractivity contribution in [3.63, 3.8) is 0 Å². The summed E-state index contributed by atoms with van der Waals surface area (Å²) in [5, 5.41) is 2.85. The summed E-state index contributed by atoms with van der Waals surface area (Å²) < 4.78 is 0. The highest BCUT2D eigenvalue weighted by Crippen LogP contribution is 2.31. The Kier molecular flexibility index (Phi) is 4.59. The molecule has 0 radical (unpaired) electrons. The van der Waals surface area contributed by atoms with Crippen LogP contribution >= 0.6 is 0 Å². The van der Waals surface area contributed by atoms with Crippen molar-refractivity contribution in [2.24, 2.45) is 5.41 Å². The van der Waals surface area contributed by atoms with Gasteiger partial charge in [0.25, 0.3) is 0 Å². The molecule has 0 aromatic heterocycles. The topological polar surface area (TPSA) is 66.5 Å². The molecule has 1 atom stereocenters. The van der Waals surface area contributed by atoms with Crippen LogP contribution in [0.2, 0.25) is 0 Å². The maximum absolute atomic E-state index is 12.2. The Hall–Kier alpha value is -2.17. The van der Waals surface area contributed by atoms with Gasteiger partial charge in [0, 0.05) is 6.42 Å². The van der Waals surface area contributed by atoms with E-state index in [1.165, 1.54) is 5.56 Å². The van der Waals surface area contributed by atoms with E-state index in [-0.39, 0.29) is 36.7 Å². The third-order valence-electron chi connectivity index (χ3n) is 4.43. The summed E-state index contributed by atoms with van der Waals surface area (Å²) in [5.41, 5.74) is 2.65. The average molecular weight is 316 g/mol. The van der Waals surface area contributed by atoms with Crippen LogP contribution in [-0.2, 0) is 14.4 Å². The van der Waals surface area contributed by atoms with Crippen molar-refractivity contribution >= 4 is 17.7 Å². The lowest BCUT2D eigenvalue weighted by atomic mass is 9.92. The van der Waals surface area contributed by atoms with E-state index in [1.807, 2.05) is 39.0 Å². The number of amides is 3. The molecule has 0 spiro atoms. The summed E-state index contributed by atoms with van der Waals surface area (Å²) in [7, 11) is 0. The summed E-state index contributed by atoms with van der Waals surface area (Å²) in [4.78, 5) is 37.3. The molecule has 1 aromatic carbocycles. The first kappa shape index (κ1) is 17.2. The van der Waals surface area contributed by atoms with E-state index in [9.17, 15) is 14.4 Å². The van der Waals surface area contributed by atoms with Crippen LogP contribution in [0, 0.1) is 19.3 Å². The lowest BCUT2D eigenvalue weighted by Gasteiger charge is -2.20. The molecule has 1 unspecified atom stereocenters. The molecule has 1 aromatic rings. The van der Waals surface area contributed by atoms with Gasteiger partial charge in [-0.2, -0.15) is 0 Å². The van der Waals surface area contributed by atoms with Crippen LogP contribution in [0.25, 0.3) is 0 Å². The molecule has 0 aliphatic carbocycles. The van der Waals surface area contributed by atoms with Gasteiger partial charge in [0.05, 0.1) is 11.5 Å². The largest absolute Gasteiger partial charge is 0.348 e. The summed E-state index contributed by atoms with van der Waals surface area (Å²) in [5.74, 6) is -0.888. The number of nitrogens with zero attached hydrogens (tertiary/aromatic N) is 1. The fourth-order valence-electron chi connectivity index (χ4n) is 2.74. The van der Waals surface area contributed by atoms with Crippen molar-refractivity contribution in [2.45, 2.75) is 47.1 Å². The second kappa shape index (κ2) is 6.14. The minimum atomic E-state index is -0.711. The Labute approximate surface area is 137 Å². The molecule has 1 aliphatic heterocycles. The van der Waals surface area contributed by atoms with Crippen LogP contribution in [0.1, 0.15) is 49.9 Å². The van der Waals surface area contributed by atoms with Gasteiger partial charge < -0.3 is 5.32 Å². The maximum Gasteiger partial charge on any atom is 0.240 e. The zero-order chi connectivity index (χ0) is 17.4. The van der Waals surface area contributed by atoms with Crippen LogP contribution < -0.4 is 5.32 Å². The quantitative estimate of drug-likeness (QED) is 0.867. The van der Waals surface area contributed by atoms with Crippen molar-refractivity contribution in [2.75, 3.05) is 6.54 Å². The number of hydrogen-bond acceptors (Lipinski definition) is 3. The predicted octanol–water partition coefficient (Wildman–Crippen LogP) is 2.27. The van der Waals surface area contributed by atoms with Gasteiger partial charge in [0.15, 0.2) is 0 Å². The summed E-state index contributed by atoms with van der Waals surface area (Å²) in [6.07, 6.45) is 0.159. The Morgan fingerprint density at radius 2 is 1.91 bits per heavy atom. The highest BCUT2D eigenvalue weighted by atomic mass is 16.2. The molecule has 2 rings (SSSR count). The molecule has 1 heterocycles. The first-order valence-electron chi connectivity index (χ1n) is 7.83. The van der Waals surface area contributed by atoms with Crippen molar-refractivity contribution < 1.29 is 14.4 Å². The van der Waals surface area contributed by atoms with E-state index in [0.29, 0.717) is 0 Å². The van der Waals surface area contributed by atoms with Gasteiger partial charge in [-0.25, -0.2) is 0 Å². The number of imide groups is 1. The molecule has 1 N–H and O–H groups in total. The van der Waals surface area contributed by atoms with Gasteiger partial charge in [-0.05, 0) is 37.5 Å². The molecular formula is C18H24N2O3. The van der Waals surface area contributed by atoms with Gasteiger partial charge in [0.2, 0.25) is 17.7 Å². The Morgan fingerprint density at radius 1 is 1.26 bits per heavy atom. The van der Waals surface area contributed by atoms with E-state index in [0.717, 1.165) is 16.0 Å². The number of aryl methyl sites for hydroxylation is 2. The van der Waals surface area contributed by atoms with Gasteiger partial charge in [-0.3, -0.25) is 19.3 Å². The molecule has 3 amide bonds. The lowest BCUT2D eigenvalue weighted by molar-refractivity contribution is -0.144. The number of carbonyl (C=O) groups is 3. The van der Waals surface area contributed by atoms with E-state index in [2.05, 4.69) is 5.32 Å². The zero-order valence-electron chi connectivity index (χ0n) is 14.4. The molecule has 0 bridgehead atoms. The molecule has 1 saturated heterocycles. The minimum absolute atomic E-state index is 0.159. The van der Waals surface area contributed by atoms with E-state index in [4.69, 9.17) is 0 Å². The Balaban J connectivity index is 2.01. The molecule has 1 fully saturated rings. The van der Waals surface area contributed by atoms with Crippen LogP contribution in [0.3, 0.4) is 0 Å². The molecule has 23 heavy (non-hydrogen) atoms. The number of carbonyl (C=O) groups excluding carboxylic acids is 3. The number of rotatable bonds is 4. The molecule has 0 saturated carbocycles. The highest BCUT2D eigenvalue weighted by molar-refractivity contribution is 6.07. The maximum atomic E-state index is 12.2. The van der Waals surface area contributed by atoms with Crippen LogP contribution in [0.4, 0.5) is 0 Å². The molecule has 1 aliphatic rings. The number of nitrogens with one attached hydrogen (secondary N) is 1. The Morgan fingerprint density at radius 3 is 2.43 bits per heavy atom. The SMILES string of the molecule is Cc1ccc(C(C)NC(=O)CN2C(=O)CC(C)(C)C2=O)cc1C. The average Bonchev–Trinajstić information content (AvgIpc) is 2.64. The standard InChI is InChI=1S/C18H24N2O3/c1-11-6-7-14(8-12(11)2)13(3)19-15(21)10-20-16(22)9-18(4,5)17(20)23/h6-8,13H,9-10H2,1-5H3,(H,19,21). The third-order valence-corrected chi connectivity index (χ3v) is 4.43. The highest BCUT2D eigenvalue weighted by Gasteiger charge is 2.45. The van der Waals surface area contributed by atoms with Crippen molar-refractivity contribution in [1.29, 1.82) is 0 Å². The number of hydrogen-bond donors (Lipinski definition) is 1. The van der Waals surface area contributed by atoms with Crippen molar-refractivity contribution in [3.05, 3.63) is 34.9 Å². The summed E-state index contributed by atoms with van der Waals surface area (Å²) in [6.45, 7) is 9.19. The summed E-state index contributed by atoms with van der Waals surface area (Å²) in [6, 6.07) is 5.85. The van der Waals surface area contributed by atoms with E-state index < -0.39 is 5.41 Å². The van der Waals surface area contributed by atoms with Crippen LogP contribution in [0.15, 0.2) is 18.2 Å². The smallest absolute Gasteiger partial charge is 0.240 e. The lowest BCUT2D eigenvalue weighted by Crippen LogP contribution is -2.42. The van der Waals surface area contributed by atoms with Gasteiger partial charge in [-0.15, -0.1) is 0 Å². The van der Waals surface area contributed by atoms with Crippen LogP contribution in [0.5, 0.6) is 0 Å². The zero-order valence-corrected chi connectivity index (χ0v) is 14.4. The monoisotopic (exact) mass is 316 g/mol. The molecule has 124 valence electrons.